The van der Waals surface area contributed by atoms with Gasteiger partial charge in [0.2, 0.25) is 5.91 Å². The Kier molecular flexibility index (Phi) is 9.51. The number of benzene rings is 1. The molecule has 2 atom stereocenters. The van der Waals surface area contributed by atoms with E-state index >= 15 is 0 Å². The Hall–Kier alpha value is -3.91. The maximum absolute atomic E-state index is 12.7. The van der Waals surface area contributed by atoms with Crippen molar-refractivity contribution in [1.82, 2.24) is 5.32 Å². The highest BCUT2D eigenvalue weighted by molar-refractivity contribution is 5.96. The third kappa shape index (κ3) is 7.79. The zero-order valence-electron chi connectivity index (χ0n) is 16.9. The second-order valence-electron chi connectivity index (χ2n) is 6.20. The van der Waals surface area contributed by atoms with Crippen molar-refractivity contribution in [2.24, 2.45) is 5.16 Å². The van der Waals surface area contributed by atoms with Crippen LogP contribution in [0.2, 0.25) is 0 Å². The molecular weight excluding hydrogens is 400 g/mol. The summed E-state index contributed by atoms with van der Waals surface area (Å²) in [4.78, 5) is 28.9. The van der Waals surface area contributed by atoms with E-state index < -0.39 is 18.2 Å². The van der Waals surface area contributed by atoms with E-state index in [4.69, 9.17) is 4.74 Å². The Morgan fingerprint density at radius 1 is 1.29 bits per heavy atom. The number of nitrogens with zero attached hydrogens (tertiary/aromatic N) is 1. The number of hydrogen-bond acceptors (Lipinski definition) is 7. The van der Waals surface area contributed by atoms with Gasteiger partial charge in [-0.2, -0.15) is 0 Å². The molecule has 0 bridgehead atoms. The number of aliphatic hydroxyl groups is 1. The highest BCUT2D eigenvalue weighted by Gasteiger charge is 2.23. The summed E-state index contributed by atoms with van der Waals surface area (Å²) < 4.78 is 5.44. The van der Waals surface area contributed by atoms with Crippen LogP contribution in [0.4, 0.5) is 0 Å². The number of carbonyl (C=O) groups is 2. The molecule has 31 heavy (non-hydrogen) atoms. The summed E-state index contributed by atoms with van der Waals surface area (Å²) >= 11 is 0. The minimum absolute atomic E-state index is 0.00142. The molecule has 3 N–H and O–H groups in total. The molecule has 0 radical (unpaired) electrons. The molecule has 1 aliphatic heterocycles. The van der Waals surface area contributed by atoms with Crippen LogP contribution in [0, 0.1) is 0 Å². The lowest BCUT2D eigenvalue weighted by Gasteiger charge is -2.19. The lowest BCUT2D eigenvalue weighted by molar-refractivity contribution is -0.116. The van der Waals surface area contributed by atoms with Gasteiger partial charge < -0.3 is 25.1 Å². The summed E-state index contributed by atoms with van der Waals surface area (Å²) in [6, 6.07) is 4.67. The number of hydrogen-bond donors (Lipinski definition) is 3. The number of aromatic hydroxyl groups is 1. The Morgan fingerprint density at radius 3 is 2.90 bits per heavy atom. The monoisotopic (exact) mass is 424 g/mol. The number of aliphatic hydroxyl groups excluding tert-OH is 1. The van der Waals surface area contributed by atoms with Crippen LogP contribution in [-0.2, 0) is 14.4 Å². The van der Waals surface area contributed by atoms with Gasteiger partial charge in [-0.3, -0.25) is 4.79 Å². The predicted molar refractivity (Wildman–Crippen MR) is 117 cm³/mol. The molecule has 0 spiro atoms. The van der Waals surface area contributed by atoms with E-state index in [-0.39, 0.29) is 23.8 Å². The van der Waals surface area contributed by atoms with Gasteiger partial charge in [-0.25, -0.2) is 4.79 Å². The molecule has 0 fully saturated rings. The Labute approximate surface area is 180 Å². The second-order valence-corrected chi connectivity index (χ2v) is 6.20. The fraction of sp³-hybridized carbons (Fsp3) is 0.174. The SMILES string of the molecule is CON=CC=CC(=O)NCC=CC1OC(=O)c2c(O)cccc2C=CC=CC=CC1O. The van der Waals surface area contributed by atoms with Crippen molar-refractivity contribution in [3.05, 3.63) is 84.0 Å². The number of rotatable bonds is 6. The van der Waals surface area contributed by atoms with Crippen molar-refractivity contribution in [2.75, 3.05) is 13.7 Å². The third-order valence-electron chi connectivity index (χ3n) is 4.00. The molecule has 0 saturated heterocycles. The number of esters is 1. The van der Waals surface area contributed by atoms with Crippen LogP contribution in [0.1, 0.15) is 15.9 Å². The van der Waals surface area contributed by atoms with Gasteiger partial charge in [0.15, 0.2) is 0 Å². The minimum atomic E-state index is -1.14. The fourth-order valence-corrected chi connectivity index (χ4v) is 2.55. The van der Waals surface area contributed by atoms with Crippen molar-refractivity contribution in [2.45, 2.75) is 12.2 Å². The summed E-state index contributed by atoms with van der Waals surface area (Å²) in [7, 11) is 1.39. The molecule has 1 amide bonds. The molecule has 0 saturated carbocycles. The van der Waals surface area contributed by atoms with E-state index in [9.17, 15) is 19.8 Å². The molecule has 2 rings (SSSR count). The topological polar surface area (TPSA) is 117 Å². The quantitative estimate of drug-likeness (QED) is 0.212. The first-order valence-electron chi connectivity index (χ1n) is 9.43. The maximum atomic E-state index is 12.7. The summed E-state index contributed by atoms with van der Waals surface area (Å²) in [5.74, 6) is -1.37. The Morgan fingerprint density at radius 2 is 2.10 bits per heavy atom. The molecule has 1 aromatic rings. The number of carbonyl (C=O) groups excluding carboxylic acids is 2. The maximum Gasteiger partial charge on any atom is 0.343 e. The lowest BCUT2D eigenvalue weighted by atomic mass is 10.0. The van der Waals surface area contributed by atoms with E-state index in [0.29, 0.717) is 5.56 Å². The van der Waals surface area contributed by atoms with Crippen molar-refractivity contribution in [3.8, 4) is 5.75 Å². The van der Waals surface area contributed by atoms with Gasteiger partial charge >= 0.3 is 5.97 Å². The van der Waals surface area contributed by atoms with Crippen LogP contribution in [0.25, 0.3) is 6.08 Å². The molecule has 0 aromatic heterocycles. The predicted octanol–water partition coefficient (Wildman–Crippen LogP) is 2.28. The number of amides is 1. The molecular formula is C23H24N2O6. The minimum Gasteiger partial charge on any atom is -0.507 e. The van der Waals surface area contributed by atoms with E-state index in [1.807, 2.05) is 0 Å². The highest BCUT2D eigenvalue weighted by atomic mass is 16.6. The number of oxime groups is 1. The number of phenols is 1. The lowest BCUT2D eigenvalue weighted by Crippen LogP contribution is -2.29. The van der Waals surface area contributed by atoms with E-state index in [2.05, 4.69) is 15.3 Å². The summed E-state index contributed by atoms with van der Waals surface area (Å²) in [6.45, 7) is 0.138. The van der Waals surface area contributed by atoms with Crippen molar-refractivity contribution >= 4 is 24.2 Å². The standard InChI is InChI=1S/C23H24N2O6/c1-30-25-16-8-14-21(28)24-15-7-13-20-18(26)11-5-3-2-4-9-17-10-6-12-19(27)22(17)23(29)31-20/h2-14,16,18,20,26-27H,15H2,1H3,(H,24,28). The van der Waals surface area contributed by atoms with Crippen LogP contribution < -0.4 is 5.32 Å². The van der Waals surface area contributed by atoms with Gasteiger partial charge in [-0.05, 0) is 23.8 Å². The molecule has 0 aliphatic carbocycles. The molecule has 2 unspecified atom stereocenters. The summed E-state index contributed by atoms with van der Waals surface area (Å²) in [5, 5.41) is 26.6. The van der Waals surface area contributed by atoms with Gasteiger partial charge in [0, 0.05) is 12.6 Å². The van der Waals surface area contributed by atoms with Crippen molar-refractivity contribution < 1.29 is 29.4 Å². The van der Waals surface area contributed by atoms with Crippen LogP contribution in [0.5, 0.6) is 5.75 Å². The molecule has 1 aromatic carbocycles. The van der Waals surface area contributed by atoms with Crippen molar-refractivity contribution in [3.63, 3.8) is 0 Å². The van der Waals surface area contributed by atoms with E-state index in [1.54, 1.807) is 48.6 Å². The average molecular weight is 424 g/mol. The van der Waals surface area contributed by atoms with Crippen LogP contribution >= 0.6 is 0 Å². The number of phenolic OH excluding ortho intramolecular Hbond substituents is 1. The highest BCUT2D eigenvalue weighted by Crippen LogP contribution is 2.24. The first kappa shape index (κ1) is 23.4. The van der Waals surface area contributed by atoms with Gasteiger partial charge in [-0.1, -0.05) is 59.8 Å². The van der Waals surface area contributed by atoms with Crippen LogP contribution in [0.15, 0.2) is 78.0 Å². The third-order valence-corrected chi connectivity index (χ3v) is 4.00. The number of nitrogens with one attached hydrogen (secondary N) is 1. The van der Waals surface area contributed by atoms with E-state index in [1.165, 1.54) is 43.7 Å². The number of fused-ring (bicyclic) bond motifs is 1. The van der Waals surface area contributed by atoms with Gasteiger partial charge in [0.05, 0.1) is 6.21 Å². The smallest absolute Gasteiger partial charge is 0.343 e. The first-order valence-corrected chi connectivity index (χ1v) is 9.43. The molecule has 1 heterocycles. The van der Waals surface area contributed by atoms with Crippen molar-refractivity contribution in [1.29, 1.82) is 0 Å². The number of allylic oxidation sites excluding steroid dienone is 5. The van der Waals surface area contributed by atoms with Crippen LogP contribution in [-0.4, -0.2) is 54.2 Å². The zero-order valence-corrected chi connectivity index (χ0v) is 16.9. The van der Waals surface area contributed by atoms with Gasteiger partial charge in [0.25, 0.3) is 0 Å². The summed E-state index contributed by atoms with van der Waals surface area (Å²) in [5.41, 5.74) is 0.478. The normalized spacial score (nSPS) is 19.2. The molecule has 8 nitrogen and oxygen atoms in total. The Balaban J connectivity index is 2.13. The zero-order chi connectivity index (χ0) is 22.5. The molecule has 1 aliphatic rings. The number of cyclic esters (lactones) is 1. The van der Waals surface area contributed by atoms with Gasteiger partial charge in [0.1, 0.15) is 30.6 Å². The van der Waals surface area contributed by atoms with Crippen LogP contribution in [0.3, 0.4) is 0 Å². The van der Waals surface area contributed by atoms with Gasteiger partial charge in [-0.15, -0.1) is 0 Å². The van der Waals surface area contributed by atoms with E-state index in [0.717, 1.165) is 0 Å². The number of ether oxygens (including phenoxy) is 1. The average Bonchev–Trinajstić information content (AvgIpc) is 2.74. The molecule has 8 heteroatoms. The second kappa shape index (κ2) is 12.6. The Bertz CT molecular complexity index is 943. The largest absolute Gasteiger partial charge is 0.507 e. The fourth-order valence-electron chi connectivity index (χ4n) is 2.55. The summed E-state index contributed by atoms with van der Waals surface area (Å²) in [6.07, 6.45) is 14.8. The molecule has 162 valence electrons. The first-order chi connectivity index (χ1) is 15.0.